The lowest BCUT2D eigenvalue weighted by atomic mass is 9.89. The molecule has 3 atom stereocenters. The zero-order valence-corrected chi connectivity index (χ0v) is 21.0. The summed E-state index contributed by atoms with van der Waals surface area (Å²) in [5, 5.41) is 13.7. The highest BCUT2D eigenvalue weighted by atomic mass is 16.6. The Hall–Kier alpha value is -2.48. The Morgan fingerprint density at radius 2 is 2.11 bits per heavy atom. The van der Waals surface area contributed by atoms with Crippen LogP contribution in [0, 0.1) is 5.92 Å². The molecule has 2 aliphatic heterocycles. The highest BCUT2D eigenvalue weighted by Gasteiger charge is 2.43. The first kappa shape index (κ1) is 25.6. The maximum absolute atomic E-state index is 12.6. The van der Waals surface area contributed by atoms with Crippen LogP contribution in [0.3, 0.4) is 0 Å². The third-order valence-corrected chi connectivity index (χ3v) is 7.30. The van der Waals surface area contributed by atoms with Crippen LogP contribution in [-0.4, -0.2) is 67.0 Å². The van der Waals surface area contributed by atoms with Crippen LogP contribution >= 0.6 is 0 Å². The van der Waals surface area contributed by atoms with Crippen molar-refractivity contribution in [3.63, 3.8) is 0 Å². The summed E-state index contributed by atoms with van der Waals surface area (Å²) in [4.78, 5) is 19.8. The molecule has 3 heterocycles. The van der Waals surface area contributed by atoms with Crippen molar-refractivity contribution >= 4 is 11.8 Å². The van der Waals surface area contributed by atoms with E-state index in [1.165, 1.54) is 12.0 Å². The quantitative estimate of drug-likeness (QED) is 0.472. The van der Waals surface area contributed by atoms with E-state index in [4.69, 9.17) is 14.5 Å². The van der Waals surface area contributed by atoms with E-state index >= 15 is 0 Å². The summed E-state index contributed by atoms with van der Waals surface area (Å²) in [6.45, 7) is 5.87. The average molecular weight is 482 g/mol. The third kappa shape index (κ3) is 6.40. The summed E-state index contributed by atoms with van der Waals surface area (Å²) >= 11 is 0. The number of benzene rings is 1. The Morgan fingerprint density at radius 3 is 2.89 bits per heavy atom. The molecule has 190 valence electrons. The lowest BCUT2D eigenvalue weighted by Gasteiger charge is -2.34. The Morgan fingerprint density at radius 1 is 1.29 bits per heavy atom. The van der Waals surface area contributed by atoms with E-state index in [-0.39, 0.29) is 6.10 Å². The molecule has 4 rings (SSSR count). The molecule has 1 aromatic heterocycles. The minimum absolute atomic E-state index is 0.332. The van der Waals surface area contributed by atoms with Gasteiger partial charge in [0.2, 0.25) is 0 Å². The number of rotatable bonds is 12. The Bertz CT molecular complexity index is 970. The molecule has 35 heavy (non-hydrogen) atoms. The molecule has 0 spiro atoms. The first-order chi connectivity index (χ1) is 17.0. The standard InChI is InChI=1S/C28H39N3O4/c1-21(20-34-2)35-28(27(32)33,24-8-4-3-5-9-24)15-18-31-17-14-22(19-31)10-12-25-13-11-23-7-6-16-29-26(23)30-25/h3-5,8-9,11,13,21-22H,6-7,10,12,14-20H2,1-2H3,(H,29,30)(H,32,33)/t21-,22+,28?/m0/s1. The molecule has 0 aliphatic carbocycles. The molecule has 7 heteroatoms. The maximum Gasteiger partial charge on any atom is 0.340 e. The summed E-state index contributed by atoms with van der Waals surface area (Å²) in [5.41, 5.74) is 1.77. The zero-order chi connectivity index (χ0) is 24.7. The number of nitrogens with zero attached hydrogens (tertiary/aromatic N) is 2. The van der Waals surface area contributed by atoms with E-state index in [0.717, 1.165) is 56.8 Å². The molecule has 7 nitrogen and oxygen atoms in total. The lowest BCUT2D eigenvalue weighted by molar-refractivity contribution is -0.181. The molecule has 0 radical (unpaired) electrons. The van der Waals surface area contributed by atoms with Crippen LogP contribution in [-0.2, 0) is 32.7 Å². The predicted molar refractivity (Wildman–Crippen MR) is 137 cm³/mol. The molecule has 1 fully saturated rings. The Kier molecular flexibility index (Phi) is 8.76. The van der Waals surface area contributed by atoms with Crippen molar-refractivity contribution < 1.29 is 19.4 Å². The SMILES string of the molecule is COC[C@H](C)OC(CCN1CC[C@@H](CCc2ccc3c(n2)NCCC3)C1)(C(=O)O)c1ccccc1. The van der Waals surface area contributed by atoms with Gasteiger partial charge in [0, 0.05) is 38.9 Å². The molecule has 1 unspecified atom stereocenters. The van der Waals surface area contributed by atoms with E-state index < -0.39 is 11.6 Å². The van der Waals surface area contributed by atoms with Crippen molar-refractivity contribution in [3.8, 4) is 0 Å². The number of carbonyl (C=O) groups is 1. The van der Waals surface area contributed by atoms with Gasteiger partial charge in [0.15, 0.2) is 5.60 Å². The number of likely N-dealkylation sites (tertiary alicyclic amines) is 1. The average Bonchev–Trinajstić information content (AvgIpc) is 3.33. The smallest absolute Gasteiger partial charge is 0.340 e. The van der Waals surface area contributed by atoms with E-state index in [1.807, 2.05) is 37.3 Å². The number of hydrogen-bond acceptors (Lipinski definition) is 6. The molecule has 0 saturated carbocycles. The maximum atomic E-state index is 12.6. The lowest BCUT2D eigenvalue weighted by Crippen LogP contribution is -2.44. The highest BCUT2D eigenvalue weighted by molar-refractivity contribution is 5.79. The summed E-state index contributed by atoms with van der Waals surface area (Å²) in [7, 11) is 1.60. The van der Waals surface area contributed by atoms with Crippen molar-refractivity contribution in [3.05, 3.63) is 59.3 Å². The number of aliphatic carboxylic acids is 1. The number of fused-ring (bicyclic) bond motifs is 1. The van der Waals surface area contributed by atoms with Gasteiger partial charge >= 0.3 is 5.97 Å². The largest absolute Gasteiger partial charge is 0.479 e. The van der Waals surface area contributed by atoms with Gasteiger partial charge in [-0.05, 0) is 68.7 Å². The number of nitrogens with one attached hydrogen (secondary N) is 1. The second-order valence-electron chi connectivity index (χ2n) is 9.97. The number of aromatic nitrogens is 1. The van der Waals surface area contributed by atoms with Gasteiger partial charge < -0.3 is 24.8 Å². The molecule has 2 aliphatic rings. The topological polar surface area (TPSA) is 83.9 Å². The number of methoxy groups -OCH3 is 1. The van der Waals surface area contributed by atoms with Crippen LogP contribution in [0.4, 0.5) is 5.82 Å². The molecule has 2 aromatic rings. The number of ether oxygens (including phenoxy) is 2. The molecule has 1 aromatic carbocycles. The second kappa shape index (κ2) is 12.0. The fourth-order valence-electron chi connectivity index (χ4n) is 5.40. The number of anilines is 1. The summed E-state index contributed by atoms with van der Waals surface area (Å²) < 4.78 is 11.4. The van der Waals surface area contributed by atoms with Crippen LogP contribution in [0.1, 0.15) is 49.4 Å². The summed E-state index contributed by atoms with van der Waals surface area (Å²) in [5.74, 6) is 0.718. The van der Waals surface area contributed by atoms with Gasteiger partial charge in [0.25, 0.3) is 0 Å². The van der Waals surface area contributed by atoms with Crippen LogP contribution < -0.4 is 5.32 Å². The highest BCUT2D eigenvalue weighted by Crippen LogP contribution is 2.33. The van der Waals surface area contributed by atoms with E-state index in [0.29, 0.717) is 31.1 Å². The molecular formula is C28H39N3O4. The number of pyridine rings is 1. The molecule has 0 amide bonds. The molecule has 0 bridgehead atoms. The number of carboxylic acid groups (broad SMARTS) is 1. The van der Waals surface area contributed by atoms with Crippen LogP contribution in [0.5, 0.6) is 0 Å². The van der Waals surface area contributed by atoms with Gasteiger partial charge in [-0.1, -0.05) is 36.4 Å². The fraction of sp³-hybridized carbons (Fsp3) is 0.571. The van der Waals surface area contributed by atoms with Gasteiger partial charge in [-0.25, -0.2) is 9.78 Å². The van der Waals surface area contributed by atoms with Gasteiger partial charge in [-0.2, -0.15) is 0 Å². The van der Waals surface area contributed by atoms with Crippen molar-refractivity contribution in [2.75, 3.05) is 45.2 Å². The molecular weight excluding hydrogens is 442 g/mol. The van der Waals surface area contributed by atoms with Crippen molar-refractivity contribution in [1.29, 1.82) is 0 Å². The number of carboxylic acids is 1. The van der Waals surface area contributed by atoms with E-state index in [2.05, 4.69) is 22.3 Å². The van der Waals surface area contributed by atoms with E-state index in [9.17, 15) is 9.90 Å². The van der Waals surface area contributed by atoms with Gasteiger partial charge in [0.1, 0.15) is 5.82 Å². The minimum Gasteiger partial charge on any atom is -0.479 e. The minimum atomic E-state index is -1.39. The third-order valence-electron chi connectivity index (χ3n) is 7.30. The van der Waals surface area contributed by atoms with Crippen LogP contribution in [0.2, 0.25) is 0 Å². The normalized spacial score (nSPS) is 20.6. The Balaban J connectivity index is 1.35. The van der Waals surface area contributed by atoms with Crippen LogP contribution in [0.15, 0.2) is 42.5 Å². The van der Waals surface area contributed by atoms with Gasteiger partial charge in [-0.15, -0.1) is 0 Å². The predicted octanol–water partition coefficient (Wildman–Crippen LogP) is 4.12. The monoisotopic (exact) mass is 481 g/mol. The van der Waals surface area contributed by atoms with Crippen LogP contribution in [0.25, 0.3) is 0 Å². The first-order valence-electron chi connectivity index (χ1n) is 12.9. The van der Waals surface area contributed by atoms with Gasteiger partial charge in [-0.3, -0.25) is 0 Å². The Labute approximate surface area is 208 Å². The summed E-state index contributed by atoms with van der Waals surface area (Å²) in [6.07, 6.45) is 5.57. The summed E-state index contributed by atoms with van der Waals surface area (Å²) in [6, 6.07) is 13.7. The van der Waals surface area contributed by atoms with Gasteiger partial charge in [0.05, 0.1) is 12.7 Å². The molecule has 1 saturated heterocycles. The second-order valence-corrected chi connectivity index (χ2v) is 9.97. The van der Waals surface area contributed by atoms with Crippen molar-refractivity contribution in [1.82, 2.24) is 9.88 Å². The number of aryl methyl sites for hydroxylation is 2. The zero-order valence-electron chi connectivity index (χ0n) is 21.0. The van der Waals surface area contributed by atoms with Crippen molar-refractivity contribution in [2.24, 2.45) is 5.92 Å². The number of hydrogen-bond donors (Lipinski definition) is 2. The first-order valence-corrected chi connectivity index (χ1v) is 12.9. The molecule has 2 N–H and O–H groups in total. The fourth-order valence-corrected chi connectivity index (χ4v) is 5.40. The van der Waals surface area contributed by atoms with Crippen molar-refractivity contribution in [2.45, 2.75) is 57.2 Å². The van der Waals surface area contributed by atoms with E-state index in [1.54, 1.807) is 7.11 Å².